The fourth-order valence-electron chi connectivity index (χ4n) is 1.34. The molecule has 0 saturated heterocycles. The van der Waals surface area contributed by atoms with Gasteiger partial charge in [0.25, 0.3) is 0 Å². The molecule has 0 radical (unpaired) electrons. The van der Waals surface area contributed by atoms with Crippen LogP contribution in [-0.2, 0) is 12.8 Å². The zero-order valence-corrected chi connectivity index (χ0v) is 8.67. The minimum atomic E-state index is 0.140. The minimum absolute atomic E-state index is 0.140. The van der Waals surface area contributed by atoms with Crippen molar-refractivity contribution in [3.63, 3.8) is 0 Å². The second kappa shape index (κ2) is 5.59. The Morgan fingerprint density at radius 1 is 1.00 bits per heavy atom. The summed E-state index contributed by atoms with van der Waals surface area (Å²) in [4.78, 5) is 0. The van der Waals surface area contributed by atoms with E-state index in [4.69, 9.17) is 21.9 Å². The van der Waals surface area contributed by atoms with Crippen molar-refractivity contribution in [2.45, 2.75) is 12.8 Å². The Bertz CT molecular complexity index is 380. The predicted molar refractivity (Wildman–Crippen MR) is 60.7 cm³/mol. The van der Waals surface area contributed by atoms with Gasteiger partial charge in [-0.05, 0) is 11.1 Å². The third-order valence-corrected chi connectivity index (χ3v) is 2.02. The number of benzene rings is 1. The van der Waals surface area contributed by atoms with Gasteiger partial charge in [-0.15, -0.1) is 0 Å². The van der Waals surface area contributed by atoms with Gasteiger partial charge in [-0.2, -0.15) is 0 Å². The van der Waals surface area contributed by atoms with Crippen LogP contribution in [0.4, 0.5) is 0 Å². The lowest BCUT2D eigenvalue weighted by Crippen LogP contribution is -2.16. The Kier molecular flexibility index (Phi) is 4.14. The summed E-state index contributed by atoms with van der Waals surface area (Å²) in [5, 5.41) is 22.7. The van der Waals surface area contributed by atoms with Crippen molar-refractivity contribution in [3.8, 4) is 0 Å². The molecule has 0 spiro atoms. The summed E-state index contributed by atoms with van der Waals surface area (Å²) in [6.45, 7) is 0. The highest BCUT2D eigenvalue weighted by Crippen LogP contribution is 2.07. The molecule has 0 aliphatic rings. The van der Waals surface area contributed by atoms with Crippen molar-refractivity contribution in [2.75, 3.05) is 0 Å². The van der Waals surface area contributed by atoms with Crippen molar-refractivity contribution in [2.24, 2.45) is 21.8 Å². The summed E-state index contributed by atoms with van der Waals surface area (Å²) in [6.07, 6.45) is 0.723. The summed E-state index contributed by atoms with van der Waals surface area (Å²) in [7, 11) is 0. The fourth-order valence-corrected chi connectivity index (χ4v) is 1.34. The van der Waals surface area contributed by atoms with Crippen LogP contribution in [0.3, 0.4) is 0 Å². The SMILES string of the molecule is NC(Cc1cccc(C/C(N)=N/O)c1)=NO. The number of rotatable bonds is 4. The molecule has 0 heterocycles. The molecule has 0 atom stereocenters. The van der Waals surface area contributed by atoms with E-state index >= 15 is 0 Å². The van der Waals surface area contributed by atoms with Crippen LogP contribution in [0.25, 0.3) is 0 Å². The molecular formula is C10H14N4O2. The van der Waals surface area contributed by atoms with Gasteiger partial charge in [-0.1, -0.05) is 34.6 Å². The summed E-state index contributed by atoms with van der Waals surface area (Å²) in [5.74, 6) is 0.280. The molecule has 0 unspecified atom stereocenters. The van der Waals surface area contributed by atoms with E-state index < -0.39 is 0 Å². The number of hydrogen-bond acceptors (Lipinski definition) is 4. The van der Waals surface area contributed by atoms with Crippen molar-refractivity contribution < 1.29 is 10.4 Å². The first-order chi connectivity index (χ1) is 7.65. The normalized spacial score (nSPS) is 12.8. The van der Waals surface area contributed by atoms with Gasteiger partial charge in [0, 0.05) is 12.8 Å². The first-order valence-electron chi connectivity index (χ1n) is 4.66. The van der Waals surface area contributed by atoms with Crippen molar-refractivity contribution >= 4 is 11.7 Å². The van der Waals surface area contributed by atoms with Crippen LogP contribution in [0.15, 0.2) is 34.6 Å². The molecule has 6 N–H and O–H groups in total. The second-order valence-electron chi connectivity index (χ2n) is 3.36. The number of oxime groups is 2. The van der Waals surface area contributed by atoms with Crippen molar-refractivity contribution in [1.29, 1.82) is 0 Å². The van der Waals surface area contributed by atoms with E-state index in [1.54, 1.807) is 0 Å². The van der Waals surface area contributed by atoms with Crippen LogP contribution in [0.5, 0.6) is 0 Å². The molecule has 6 heteroatoms. The Balaban J connectivity index is 2.79. The van der Waals surface area contributed by atoms with Gasteiger partial charge >= 0.3 is 0 Å². The summed E-state index contributed by atoms with van der Waals surface area (Å²) in [6, 6.07) is 7.40. The van der Waals surface area contributed by atoms with E-state index in [-0.39, 0.29) is 11.7 Å². The monoisotopic (exact) mass is 222 g/mol. The summed E-state index contributed by atoms with van der Waals surface area (Å²) < 4.78 is 0. The lowest BCUT2D eigenvalue weighted by atomic mass is 10.1. The molecule has 0 saturated carbocycles. The largest absolute Gasteiger partial charge is 0.409 e. The molecule has 1 rings (SSSR count). The lowest BCUT2D eigenvalue weighted by molar-refractivity contribution is 0.317. The first-order valence-corrected chi connectivity index (χ1v) is 4.66. The van der Waals surface area contributed by atoms with Crippen LogP contribution in [0, 0.1) is 0 Å². The van der Waals surface area contributed by atoms with E-state index in [0.29, 0.717) is 12.8 Å². The average Bonchev–Trinajstić information content (AvgIpc) is 2.29. The molecule has 86 valence electrons. The molecule has 6 nitrogen and oxygen atoms in total. The molecule has 0 aromatic heterocycles. The molecule has 16 heavy (non-hydrogen) atoms. The van der Waals surface area contributed by atoms with E-state index in [1.165, 1.54) is 0 Å². The smallest absolute Gasteiger partial charge is 0.143 e. The zero-order valence-electron chi connectivity index (χ0n) is 8.67. The topological polar surface area (TPSA) is 117 Å². The third-order valence-electron chi connectivity index (χ3n) is 2.02. The number of hydrogen-bond donors (Lipinski definition) is 4. The molecule has 0 fully saturated rings. The lowest BCUT2D eigenvalue weighted by Gasteiger charge is -2.03. The highest BCUT2D eigenvalue weighted by Gasteiger charge is 2.01. The van der Waals surface area contributed by atoms with E-state index in [1.807, 2.05) is 24.3 Å². The van der Waals surface area contributed by atoms with Gasteiger partial charge in [0.05, 0.1) is 0 Å². The van der Waals surface area contributed by atoms with Crippen molar-refractivity contribution in [3.05, 3.63) is 35.4 Å². The van der Waals surface area contributed by atoms with Crippen LogP contribution < -0.4 is 11.5 Å². The Morgan fingerprint density at radius 3 is 1.81 bits per heavy atom. The average molecular weight is 222 g/mol. The van der Waals surface area contributed by atoms with Gasteiger partial charge in [0.2, 0.25) is 0 Å². The summed E-state index contributed by atoms with van der Waals surface area (Å²) >= 11 is 0. The number of nitrogens with zero attached hydrogens (tertiary/aromatic N) is 2. The highest BCUT2D eigenvalue weighted by atomic mass is 16.4. The van der Waals surface area contributed by atoms with Gasteiger partial charge in [0.1, 0.15) is 11.7 Å². The van der Waals surface area contributed by atoms with E-state index in [0.717, 1.165) is 11.1 Å². The van der Waals surface area contributed by atoms with Crippen molar-refractivity contribution in [1.82, 2.24) is 0 Å². The molecule has 0 bridgehead atoms. The van der Waals surface area contributed by atoms with Crippen LogP contribution in [0.2, 0.25) is 0 Å². The maximum absolute atomic E-state index is 8.44. The van der Waals surface area contributed by atoms with Gasteiger partial charge in [-0.3, -0.25) is 0 Å². The van der Waals surface area contributed by atoms with Gasteiger partial charge in [0.15, 0.2) is 0 Å². The fraction of sp³-hybridized carbons (Fsp3) is 0.200. The van der Waals surface area contributed by atoms with Crippen LogP contribution >= 0.6 is 0 Å². The molecule has 1 aromatic rings. The Hall–Kier alpha value is -2.24. The zero-order chi connectivity index (χ0) is 12.0. The summed E-state index contributed by atoms with van der Waals surface area (Å²) in [5.41, 5.74) is 12.6. The second-order valence-corrected chi connectivity index (χ2v) is 3.36. The molecule has 1 aromatic carbocycles. The molecule has 0 aliphatic heterocycles. The highest BCUT2D eigenvalue weighted by molar-refractivity contribution is 5.83. The van der Waals surface area contributed by atoms with Crippen LogP contribution in [-0.4, -0.2) is 22.1 Å². The molecule has 0 amide bonds. The number of nitrogens with two attached hydrogens (primary N) is 2. The molecule has 0 aliphatic carbocycles. The van der Waals surface area contributed by atoms with Gasteiger partial charge < -0.3 is 21.9 Å². The van der Waals surface area contributed by atoms with E-state index in [9.17, 15) is 0 Å². The standard InChI is InChI=1S/C10H14N4O2/c11-9(13-15)5-7-2-1-3-8(4-7)6-10(12)14-16/h1-4,15-16H,5-6H2,(H2,11,13)(H2,12,14). The number of amidine groups is 2. The predicted octanol–water partition coefficient (Wildman–Crippen LogP) is 0.264. The van der Waals surface area contributed by atoms with Crippen LogP contribution in [0.1, 0.15) is 11.1 Å². The maximum atomic E-state index is 8.44. The Morgan fingerprint density at radius 2 is 1.44 bits per heavy atom. The third kappa shape index (κ3) is 3.49. The Labute approximate surface area is 92.9 Å². The quantitative estimate of drug-likeness (QED) is 0.253. The minimum Gasteiger partial charge on any atom is -0.409 e. The molecular weight excluding hydrogens is 208 g/mol. The first kappa shape index (κ1) is 11.8. The maximum Gasteiger partial charge on any atom is 0.143 e. The van der Waals surface area contributed by atoms with E-state index in [2.05, 4.69) is 10.3 Å². The van der Waals surface area contributed by atoms with Gasteiger partial charge in [-0.25, -0.2) is 0 Å².